The van der Waals surface area contributed by atoms with Crippen LogP contribution in [0.1, 0.15) is 44.3 Å². The second kappa shape index (κ2) is 5.13. The van der Waals surface area contributed by atoms with Crippen LogP contribution in [0.25, 0.3) is 0 Å². The minimum absolute atomic E-state index is 0.0309. The third-order valence-corrected chi connectivity index (χ3v) is 4.47. The third kappa shape index (κ3) is 2.41. The van der Waals surface area contributed by atoms with Crippen LogP contribution >= 0.6 is 0 Å². The maximum atomic E-state index is 12.8. The van der Waals surface area contributed by atoms with Crippen LogP contribution < -0.4 is 5.32 Å². The summed E-state index contributed by atoms with van der Waals surface area (Å²) in [4.78, 5) is 30.7. The summed E-state index contributed by atoms with van der Waals surface area (Å²) < 4.78 is 5.07. The van der Waals surface area contributed by atoms with E-state index in [1.807, 2.05) is 0 Å². The normalized spacial score (nSPS) is 24.7. The molecule has 1 aliphatic heterocycles. The molecule has 1 unspecified atom stereocenters. The highest BCUT2D eigenvalue weighted by Crippen LogP contribution is 2.34. The fourth-order valence-electron chi connectivity index (χ4n) is 3.26. The van der Waals surface area contributed by atoms with Gasteiger partial charge in [0, 0.05) is 13.0 Å². The summed E-state index contributed by atoms with van der Waals surface area (Å²) in [6.45, 7) is 3.94. The number of aryl methyl sites for hydroxylation is 1. The first-order chi connectivity index (χ1) is 10.0. The summed E-state index contributed by atoms with van der Waals surface area (Å²) >= 11 is 0. The Kier molecular flexibility index (Phi) is 3.43. The average molecular weight is 292 g/mol. The summed E-state index contributed by atoms with van der Waals surface area (Å²) in [5.41, 5.74) is -0.672. The molecule has 2 aliphatic rings. The second-order valence-corrected chi connectivity index (χ2v) is 5.94. The smallest absolute Gasteiger partial charge is 0.249 e. The molecule has 1 N–H and O–H groups in total. The zero-order valence-electron chi connectivity index (χ0n) is 12.4. The highest BCUT2D eigenvalue weighted by atomic mass is 16.5. The van der Waals surface area contributed by atoms with Gasteiger partial charge < -0.3 is 14.7 Å². The number of carbonyl (C=O) groups excluding carboxylic acids is 2. The number of rotatable bonds is 3. The van der Waals surface area contributed by atoms with E-state index < -0.39 is 11.6 Å². The number of hydrogen-bond donors (Lipinski definition) is 1. The Balaban J connectivity index is 1.75. The molecule has 1 atom stereocenters. The molecular formula is C14H20N4O3. The van der Waals surface area contributed by atoms with E-state index in [9.17, 15) is 9.59 Å². The third-order valence-electron chi connectivity index (χ3n) is 4.47. The van der Waals surface area contributed by atoms with Gasteiger partial charge in [-0.25, -0.2) is 0 Å². The predicted octanol–water partition coefficient (Wildman–Crippen LogP) is 0.580. The number of hydrogen-bond acceptors (Lipinski definition) is 5. The number of aromatic nitrogens is 2. The molecule has 21 heavy (non-hydrogen) atoms. The van der Waals surface area contributed by atoms with Gasteiger partial charge in [0.2, 0.25) is 17.7 Å². The molecule has 1 spiro atoms. The quantitative estimate of drug-likeness (QED) is 0.880. The lowest BCUT2D eigenvalue weighted by Gasteiger charge is -2.43. The lowest BCUT2D eigenvalue weighted by molar-refractivity contribution is -0.154. The first-order valence-corrected chi connectivity index (χ1v) is 7.44. The van der Waals surface area contributed by atoms with E-state index in [2.05, 4.69) is 15.5 Å². The lowest BCUT2D eigenvalue weighted by atomic mass is 9.91. The molecule has 1 aromatic rings. The lowest BCUT2D eigenvalue weighted by Crippen LogP contribution is -2.68. The van der Waals surface area contributed by atoms with Crippen LogP contribution in [0.3, 0.4) is 0 Å². The van der Waals surface area contributed by atoms with Crippen molar-refractivity contribution >= 4 is 11.8 Å². The van der Waals surface area contributed by atoms with Crippen molar-refractivity contribution in [1.29, 1.82) is 0 Å². The van der Waals surface area contributed by atoms with E-state index in [-0.39, 0.29) is 11.8 Å². The Labute approximate surface area is 123 Å². The summed E-state index contributed by atoms with van der Waals surface area (Å²) in [6, 6.07) is -0.451. The Hall–Kier alpha value is -1.92. The minimum Gasteiger partial charge on any atom is -0.340 e. The first-order valence-electron chi connectivity index (χ1n) is 7.44. The Morgan fingerprint density at radius 1 is 1.38 bits per heavy atom. The van der Waals surface area contributed by atoms with E-state index in [1.165, 1.54) is 0 Å². The maximum absolute atomic E-state index is 12.8. The molecule has 1 aromatic heterocycles. The second-order valence-electron chi connectivity index (χ2n) is 5.94. The van der Waals surface area contributed by atoms with Gasteiger partial charge >= 0.3 is 0 Å². The van der Waals surface area contributed by atoms with Crippen LogP contribution in [-0.4, -0.2) is 45.0 Å². The van der Waals surface area contributed by atoms with Crippen molar-refractivity contribution in [2.45, 2.75) is 57.5 Å². The van der Waals surface area contributed by atoms with Gasteiger partial charge in [-0.15, -0.1) is 0 Å². The number of amides is 2. The molecule has 1 saturated carbocycles. The number of carbonyl (C=O) groups is 2. The molecule has 0 bridgehead atoms. The van der Waals surface area contributed by atoms with Crippen molar-refractivity contribution in [2.24, 2.45) is 0 Å². The number of nitrogens with zero attached hydrogens (tertiary/aromatic N) is 3. The van der Waals surface area contributed by atoms with E-state index in [1.54, 1.807) is 18.7 Å². The molecule has 1 saturated heterocycles. The molecule has 114 valence electrons. The van der Waals surface area contributed by atoms with Crippen LogP contribution in [-0.2, 0) is 16.0 Å². The van der Waals surface area contributed by atoms with Gasteiger partial charge in [0.1, 0.15) is 11.6 Å². The topological polar surface area (TPSA) is 88.3 Å². The van der Waals surface area contributed by atoms with Gasteiger partial charge in [-0.3, -0.25) is 9.59 Å². The van der Waals surface area contributed by atoms with Crippen molar-refractivity contribution in [3.8, 4) is 0 Å². The fourth-order valence-corrected chi connectivity index (χ4v) is 3.26. The Morgan fingerprint density at radius 3 is 2.71 bits per heavy atom. The van der Waals surface area contributed by atoms with Crippen molar-refractivity contribution in [3.63, 3.8) is 0 Å². The van der Waals surface area contributed by atoms with Gasteiger partial charge in [0.15, 0.2) is 5.82 Å². The highest BCUT2D eigenvalue weighted by molar-refractivity contribution is 5.99. The van der Waals surface area contributed by atoms with Gasteiger partial charge in [-0.05, 0) is 26.7 Å². The zero-order chi connectivity index (χ0) is 15.0. The van der Waals surface area contributed by atoms with Gasteiger partial charge in [-0.2, -0.15) is 4.98 Å². The SMILES string of the molecule is Cc1noc(CCN2C(=O)C3(CCCC3)NC(=O)C2C)n1. The molecule has 7 nitrogen and oxygen atoms in total. The van der Waals surface area contributed by atoms with Crippen LogP contribution in [0.5, 0.6) is 0 Å². The Bertz CT molecular complexity index is 562. The minimum atomic E-state index is -0.672. The number of piperazine rings is 1. The number of nitrogens with one attached hydrogen (secondary N) is 1. The van der Waals surface area contributed by atoms with Crippen LogP contribution in [0.4, 0.5) is 0 Å². The first kappa shape index (κ1) is 14.0. The summed E-state index contributed by atoms with van der Waals surface area (Å²) in [5, 5.41) is 6.68. The summed E-state index contributed by atoms with van der Waals surface area (Å²) in [6.07, 6.45) is 3.91. The average Bonchev–Trinajstić information content (AvgIpc) is 3.07. The van der Waals surface area contributed by atoms with Crippen molar-refractivity contribution < 1.29 is 14.1 Å². The summed E-state index contributed by atoms with van der Waals surface area (Å²) in [7, 11) is 0. The van der Waals surface area contributed by atoms with E-state index >= 15 is 0 Å². The molecule has 7 heteroatoms. The van der Waals surface area contributed by atoms with Crippen molar-refractivity contribution in [1.82, 2.24) is 20.4 Å². The van der Waals surface area contributed by atoms with Crippen LogP contribution in [0, 0.1) is 6.92 Å². The molecule has 0 aromatic carbocycles. The van der Waals surface area contributed by atoms with Crippen LogP contribution in [0.2, 0.25) is 0 Å². The zero-order valence-corrected chi connectivity index (χ0v) is 12.4. The van der Waals surface area contributed by atoms with E-state index in [0.717, 1.165) is 25.7 Å². The fraction of sp³-hybridized carbons (Fsp3) is 0.714. The van der Waals surface area contributed by atoms with Crippen molar-refractivity contribution in [2.75, 3.05) is 6.54 Å². The predicted molar refractivity (Wildman–Crippen MR) is 73.3 cm³/mol. The highest BCUT2D eigenvalue weighted by Gasteiger charge is 2.50. The van der Waals surface area contributed by atoms with E-state index in [0.29, 0.717) is 24.7 Å². The molecular weight excluding hydrogens is 272 g/mol. The van der Waals surface area contributed by atoms with Crippen molar-refractivity contribution in [3.05, 3.63) is 11.7 Å². The van der Waals surface area contributed by atoms with E-state index in [4.69, 9.17) is 4.52 Å². The molecule has 2 fully saturated rings. The largest absolute Gasteiger partial charge is 0.340 e. The molecule has 2 heterocycles. The summed E-state index contributed by atoms with van der Waals surface area (Å²) in [5.74, 6) is 1.04. The standard InChI is InChI=1S/C14H20N4O3/c1-9-12(19)16-14(6-3-4-7-14)13(20)18(9)8-5-11-15-10(2)17-21-11/h9H,3-8H2,1-2H3,(H,16,19). The monoisotopic (exact) mass is 292 g/mol. The van der Waals surface area contributed by atoms with Gasteiger partial charge in [0.25, 0.3) is 0 Å². The molecule has 0 radical (unpaired) electrons. The molecule has 1 aliphatic carbocycles. The van der Waals surface area contributed by atoms with Crippen LogP contribution in [0.15, 0.2) is 4.52 Å². The van der Waals surface area contributed by atoms with Gasteiger partial charge in [-0.1, -0.05) is 18.0 Å². The maximum Gasteiger partial charge on any atom is 0.249 e. The Morgan fingerprint density at radius 2 is 2.10 bits per heavy atom. The van der Waals surface area contributed by atoms with Gasteiger partial charge in [0.05, 0.1) is 0 Å². The molecule has 3 rings (SSSR count). The molecule has 2 amide bonds.